The fraction of sp³-hybridized carbons (Fsp3) is 0. The summed E-state index contributed by atoms with van der Waals surface area (Å²) in [6, 6.07) is 0. The third-order valence-corrected chi connectivity index (χ3v) is 3.51. The van der Waals surface area contributed by atoms with Crippen LogP contribution in [-0.2, 0) is 0 Å². The molecule has 0 bridgehead atoms. The second-order valence-electron chi connectivity index (χ2n) is 4.60. The first-order chi connectivity index (χ1) is 10.4. The molecule has 0 aliphatic carbocycles. The van der Waals surface area contributed by atoms with Gasteiger partial charge in [-0.25, -0.2) is 29.9 Å². The third kappa shape index (κ3) is 1.34. The molecule has 0 atom stereocenters. The van der Waals surface area contributed by atoms with Crippen LogP contribution in [0.1, 0.15) is 0 Å². The van der Waals surface area contributed by atoms with E-state index in [2.05, 4.69) is 29.9 Å². The van der Waals surface area contributed by atoms with E-state index in [0.717, 1.165) is 16.4 Å². The minimum atomic E-state index is -0.189. The SMILES string of the molecule is c1ncc2c(n1)Oc1ncnc3c1B2c1cncnc1O3. The molecule has 0 N–H and O–H groups in total. The summed E-state index contributed by atoms with van der Waals surface area (Å²) in [6.45, 7) is -0.189. The first-order valence-corrected chi connectivity index (χ1v) is 6.22. The van der Waals surface area contributed by atoms with E-state index >= 15 is 0 Å². The largest absolute Gasteiger partial charge is 0.421 e. The van der Waals surface area contributed by atoms with E-state index in [1.807, 2.05) is 0 Å². The van der Waals surface area contributed by atoms with Gasteiger partial charge in [-0.2, -0.15) is 0 Å². The van der Waals surface area contributed by atoms with Crippen molar-refractivity contribution in [3.8, 4) is 23.5 Å². The van der Waals surface area contributed by atoms with Crippen LogP contribution in [-0.4, -0.2) is 36.6 Å². The zero-order chi connectivity index (χ0) is 13.8. The van der Waals surface area contributed by atoms with Crippen molar-refractivity contribution in [1.82, 2.24) is 29.9 Å². The summed E-state index contributed by atoms with van der Waals surface area (Å²) in [7, 11) is 0. The van der Waals surface area contributed by atoms with Gasteiger partial charge in [-0.15, -0.1) is 0 Å². The first-order valence-electron chi connectivity index (χ1n) is 6.22. The van der Waals surface area contributed by atoms with E-state index in [0.29, 0.717) is 23.5 Å². The summed E-state index contributed by atoms with van der Waals surface area (Å²) >= 11 is 0. The van der Waals surface area contributed by atoms with Gasteiger partial charge >= 0.3 is 0 Å². The Bertz CT molecular complexity index is 821. The summed E-state index contributed by atoms with van der Waals surface area (Å²) in [5.41, 5.74) is 2.39. The molecule has 0 fully saturated rings. The van der Waals surface area contributed by atoms with Gasteiger partial charge in [-0.05, 0) is 0 Å². The lowest BCUT2D eigenvalue weighted by molar-refractivity contribution is 0.420. The molecule has 8 nitrogen and oxygen atoms in total. The minimum Gasteiger partial charge on any atom is -0.421 e. The number of hydrogen-bond donors (Lipinski definition) is 0. The number of hydrogen-bond acceptors (Lipinski definition) is 8. The molecule has 0 saturated carbocycles. The molecule has 3 aromatic rings. The fourth-order valence-corrected chi connectivity index (χ4v) is 2.66. The predicted molar refractivity (Wildman–Crippen MR) is 70.9 cm³/mol. The molecule has 5 heterocycles. The molecule has 21 heavy (non-hydrogen) atoms. The van der Waals surface area contributed by atoms with Crippen molar-refractivity contribution < 1.29 is 9.47 Å². The number of rotatable bonds is 0. The van der Waals surface area contributed by atoms with Crippen LogP contribution in [0, 0.1) is 0 Å². The highest BCUT2D eigenvalue weighted by Gasteiger charge is 2.43. The van der Waals surface area contributed by atoms with E-state index < -0.39 is 0 Å². The maximum atomic E-state index is 5.72. The lowest BCUT2D eigenvalue weighted by atomic mass is 9.36. The average molecular weight is 276 g/mol. The lowest BCUT2D eigenvalue weighted by Gasteiger charge is -2.28. The summed E-state index contributed by atoms with van der Waals surface area (Å²) in [5.74, 6) is 1.82. The lowest BCUT2D eigenvalue weighted by Crippen LogP contribution is -2.58. The average Bonchev–Trinajstić information content (AvgIpc) is 2.54. The maximum Gasteiger partial charge on any atom is 0.273 e. The molecule has 0 aromatic carbocycles. The Labute approximate surface area is 118 Å². The van der Waals surface area contributed by atoms with E-state index in [-0.39, 0.29) is 6.71 Å². The van der Waals surface area contributed by atoms with Crippen LogP contribution < -0.4 is 25.9 Å². The second kappa shape index (κ2) is 3.72. The Morgan fingerprint density at radius 1 is 0.667 bits per heavy atom. The normalized spacial score (nSPS) is 13.4. The van der Waals surface area contributed by atoms with Crippen molar-refractivity contribution in [1.29, 1.82) is 0 Å². The molecular weight excluding hydrogens is 271 g/mol. The van der Waals surface area contributed by atoms with Gasteiger partial charge in [0, 0.05) is 23.3 Å². The number of aromatic nitrogens is 6. The van der Waals surface area contributed by atoms with Gasteiger partial charge < -0.3 is 9.47 Å². The topological polar surface area (TPSA) is 95.8 Å². The molecular formula is C12H5BN6O2. The summed E-state index contributed by atoms with van der Waals surface area (Å²) in [5, 5.41) is 0. The monoisotopic (exact) mass is 276 g/mol. The molecule has 3 aromatic heterocycles. The molecule has 0 amide bonds. The highest BCUT2D eigenvalue weighted by atomic mass is 16.5. The van der Waals surface area contributed by atoms with Crippen molar-refractivity contribution in [3.05, 3.63) is 31.4 Å². The van der Waals surface area contributed by atoms with Crippen molar-refractivity contribution in [3.63, 3.8) is 0 Å². The van der Waals surface area contributed by atoms with Gasteiger partial charge in [-0.1, -0.05) is 0 Å². The number of nitrogens with zero attached hydrogens (tertiary/aromatic N) is 6. The van der Waals surface area contributed by atoms with Crippen LogP contribution in [0.4, 0.5) is 0 Å². The molecule has 0 saturated heterocycles. The zero-order valence-electron chi connectivity index (χ0n) is 10.5. The van der Waals surface area contributed by atoms with Crippen molar-refractivity contribution >= 4 is 23.1 Å². The quantitative estimate of drug-likeness (QED) is 0.325. The Kier molecular flexibility index (Phi) is 1.89. The molecule has 9 heteroatoms. The number of fused-ring (bicyclic) bond motifs is 4. The molecule has 0 spiro atoms. The van der Waals surface area contributed by atoms with Crippen molar-refractivity contribution in [2.45, 2.75) is 0 Å². The van der Waals surface area contributed by atoms with Gasteiger partial charge in [-0.3, -0.25) is 0 Å². The maximum absolute atomic E-state index is 5.72. The summed E-state index contributed by atoms with van der Waals surface area (Å²) in [6.07, 6.45) is 7.70. The van der Waals surface area contributed by atoms with Crippen LogP contribution in [0.2, 0.25) is 0 Å². The molecule has 5 rings (SSSR count). The Morgan fingerprint density at radius 2 is 1.19 bits per heavy atom. The fourth-order valence-electron chi connectivity index (χ4n) is 2.66. The van der Waals surface area contributed by atoms with Crippen LogP contribution in [0.15, 0.2) is 31.4 Å². The minimum absolute atomic E-state index is 0.189. The van der Waals surface area contributed by atoms with Gasteiger partial charge in [0.05, 0.1) is 5.46 Å². The van der Waals surface area contributed by atoms with Crippen molar-refractivity contribution in [2.75, 3.05) is 0 Å². The third-order valence-electron chi connectivity index (χ3n) is 3.51. The van der Waals surface area contributed by atoms with Gasteiger partial charge in [0.1, 0.15) is 19.0 Å². The predicted octanol–water partition coefficient (Wildman–Crippen LogP) is -1.22. The van der Waals surface area contributed by atoms with Gasteiger partial charge in [0.25, 0.3) is 6.71 Å². The van der Waals surface area contributed by atoms with Crippen LogP contribution >= 0.6 is 0 Å². The second-order valence-corrected chi connectivity index (χ2v) is 4.60. The Hall–Kier alpha value is -3.10. The van der Waals surface area contributed by atoms with Gasteiger partial charge in [0.2, 0.25) is 23.5 Å². The molecule has 2 aliphatic rings. The molecule has 0 radical (unpaired) electrons. The Balaban J connectivity index is 1.88. The van der Waals surface area contributed by atoms with Crippen LogP contribution in [0.25, 0.3) is 0 Å². The molecule has 0 unspecified atom stereocenters. The van der Waals surface area contributed by atoms with Crippen LogP contribution in [0.3, 0.4) is 0 Å². The zero-order valence-corrected chi connectivity index (χ0v) is 10.5. The molecule has 2 aliphatic heterocycles. The molecule has 98 valence electrons. The highest BCUT2D eigenvalue weighted by Crippen LogP contribution is 2.28. The van der Waals surface area contributed by atoms with Crippen molar-refractivity contribution in [2.24, 2.45) is 0 Å². The number of ether oxygens (including phenoxy) is 2. The highest BCUT2D eigenvalue weighted by molar-refractivity contribution is 6.98. The summed E-state index contributed by atoms with van der Waals surface area (Å²) in [4.78, 5) is 24.8. The standard InChI is InChI=1S/C12H5BN6O2/c1-6-9(16-3-14-1)20-11-8-12(19-5-18-11)21-10-7(13(6)8)2-15-4-17-10/h1-5H. The van der Waals surface area contributed by atoms with Gasteiger partial charge in [0.15, 0.2) is 0 Å². The van der Waals surface area contributed by atoms with Crippen LogP contribution in [0.5, 0.6) is 23.5 Å². The first kappa shape index (κ1) is 10.7. The smallest absolute Gasteiger partial charge is 0.273 e. The van der Waals surface area contributed by atoms with E-state index in [1.54, 1.807) is 12.4 Å². The van der Waals surface area contributed by atoms with E-state index in [4.69, 9.17) is 9.47 Å². The van der Waals surface area contributed by atoms with E-state index in [9.17, 15) is 0 Å². The van der Waals surface area contributed by atoms with E-state index in [1.165, 1.54) is 19.0 Å². The Morgan fingerprint density at radius 3 is 1.76 bits per heavy atom. The summed E-state index contributed by atoms with van der Waals surface area (Å²) < 4.78 is 11.4.